The molecule has 2 aromatic rings. The number of nitrogens with zero attached hydrogens (tertiary/aromatic N) is 1. The third kappa shape index (κ3) is 4.89. The van der Waals surface area contributed by atoms with Crippen molar-refractivity contribution in [2.75, 3.05) is 19.4 Å². The molecule has 2 rings (SSSR count). The summed E-state index contributed by atoms with van der Waals surface area (Å²) in [5.41, 5.74) is 1.46. The van der Waals surface area contributed by atoms with Crippen molar-refractivity contribution in [3.63, 3.8) is 0 Å². The fourth-order valence-electron chi connectivity index (χ4n) is 1.94. The lowest BCUT2D eigenvalue weighted by Crippen LogP contribution is -2.30. The molecule has 0 unspecified atom stereocenters. The third-order valence-electron chi connectivity index (χ3n) is 3.22. The van der Waals surface area contributed by atoms with E-state index in [1.165, 1.54) is 11.9 Å². The second-order valence-corrected chi connectivity index (χ2v) is 5.46. The molecule has 24 heavy (non-hydrogen) atoms. The van der Waals surface area contributed by atoms with Crippen LogP contribution in [0.5, 0.6) is 5.75 Å². The average Bonchev–Trinajstić information content (AvgIpc) is 2.58. The fourth-order valence-corrected chi connectivity index (χ4v) is 2.12. The maximum Gasteiger partial charge on any atom is 0.412 e. The molecule has 126 valence electrons. The van der Waals surface area contributed by atoms with Crippen molar-refractivity contribution in [3.8, 4) is 5.75 Å². The van der Waals surface area contributed by atoms with Gasteiger partial charge < -0.3 is 20.3 Å². The van der Waals surface area contributed by atoms with Gasteiger partial charge in [-0.3, -0.25) is 0 Å². The second-order valence-electron chi connectivity index (χ2n) is 5.05. The van der Waals surface area contributed by atoms with E-state index in [0.29, 0.717) is 23.0 Å². The van der Waals surface area contributed by atoms with E-state index in [2.05, 4.69) is 10.6 Å². The summed E-state index contributed by atoms with van der Waals surface area (Å²) < 4.78 is 5.01. The van der Waals surface area contributed by atoms with E-state index in [4.69, 9.17) is 16.3 Å². The zero-order chi connectivity index (χ0) is 17.5. The highest BCUT2D eigenvalue weighted by atomic mass is 35.5. The maximum absolute atomic E-state index is 12.2. The van der Waals surface area contributed by atoms with Crippen LogP contribution < -0.4 is 15.4 Å². The summed E-state index contributed by atoms with van der Waals surface area (Å²) in [4.78, 5) is 24.9. The van der Waals surface area contributed by atoms with Crippen molar-refractivity contribution in [1.29, 1.82) is 0 Å². The predicted octanol–water partition coefficient (Wildman–Crippen LogP) is 3.72. The van der Waals surface area contributed by atoms with E-state index in [1.807, 2.05) is 0 Å². The minimum Gasteiger partial charge on any atom is -0.410 e. The van der Waals surface area contributed by atoms with E-state index < -0.39 is 6.09 Å². The quantitative estimate of drug-likeness (QED) is 0.885. The summed E-state index contributed by atoms with van der Waals surface area (Å²) in [6.45, 7) is 0.399. The molecule has 0 fully saturated rings. The molecular formula is C17H18ClN3O3. The molecule has 0 aromatic heterocycles. The smallest absolute Gasteiger partial charge is 0.410 e. The van der Waals surface area contributed by atoms with Crippen LogP contribution in [0.1, 0.15) is 5.56 Å². The Balaban J connectivity index is 1.94. The summed E-state index contributed by atoms with van der Waals surface area (Å²) >= 11 is 6.02. The monoisotopic (exact) mass is 347 g/mol. The number of benzene rings is 2. The van der Waals surface area contributed by atoms with Gasteiger partial charge in [-0.1, -0.05) is 35.9 Å². The zero-order valence-corrected chi connectivity index (χ0v) is 14.1. The fraction of sp³-hybridized carbons (Fsp3) is 0.176. The minimum atomic E-state index is -0.529. The van der Waals surface area contributed by atoms with Gasteiger partial charge in [0.1, 0.15) is 5.75 Å². The number of halogens is 1. The highest BCUT2D eigenvalue weighted by Crippen LogP contribution is 2.21. The summed E-state index contributed by atoms with van der Waals surface area (Å²) in [7, 11) is 3.17. The van der Waals surface area contributed by atoms with Crippen molar-refractivity contribution in [1.82, 2.24) is 10.2 Å². The SMILES string of the molecule is CNC(=O)Oc1ccc(CN(C)C(=O)Nc2ccccc2Cl)cc1. The van der Waals surface area contributed by atoms with E-state index >= 15 is 0 Å². The number of hydrogen-bond acceptors (Lipinski definition) is 3. The van der Waals surface area contributed by atoms with Gasteiger partial charge in [-0.25, -0.2) is 9.59 Å². The third-order valence-corrected chi connectivity index (χ3v) is 3.55. The van der Waals surface area contributed by atoms with Gasteiger partial charge in [0.2, 0.25) is 0 Å². The van der Waals surface area contributed by atoms with Gasteiger partial charge in [0, 0.05) is 20.6 Å². The molecule has 7 heteroatoms. The number of hydrogen-bond donors (Lipinski definition) is 2. The van der Waals surface area contributed by atoms with Gasteiger partial charge in [0.05, 0.1) is 10.7 Å². The Bertz CT molecular complexity index is 719. The number of carbonyl (C=O) groups is 2. The van der Waals surface area contributed by atoms with Crippen LogP contribution in [0.15, 0.2) is 48.5 Å². The van der Waals surface area contributed by atoms with Gasteiger partial charge >= 0.3 is 12.1 Å². The van der Waals surface area contributed by atoms with Crippen molar-refractivity contribution >= 4 is 29.4 Å². The Hall–Kier alpha value is -2.73. The molecule has 0 aliphatic rings. The zero-order valence-electron chi connectivity index (χ0n) is 13.4. The number of amides is 3. The first-order valence-electron chi connectivity index (χ1n) is 7.24. The lowest BCUT2D eigenvalue weighted by atomic mass is 10.2. The summed E-state index contributed by atoms with van der Waals surface area (Å²) in [6, 6.07) is 13.7. The number of para-hydroxylation sites is 1. The Morgan fingerprint density at radius 3 is 2.42 bits per heavy atom. The number of ether oxygens (including phenoxy) is 1. The van der Waals surface area contributed by atoms with Gasteiger partial charge in [-0.15, -0.1) is 0 Å². The van der Waals surface area contributed by atoms with Crippen LogP contribution in [0.25, 0.3) is 0 Å². The Kier molecular flexibility index (Phi) is 6.03. The average molecular weight is 348 g/mol. The standard InChI is InChI=1S/C17H18ClN3O3/c1-19-17(23)24-13-9-7-12(8-10-13)11-21(2)16(22)20-15-6-4-3-5-14(15)18/h3-10H,11H2,1-2H3,(H,19,23)(H,20,22). The summed E-state index contributed by atoms with van der Waals surface area (Å²) in [5, 5.41) is 5.60. The molecule has 0 saturated heterocycles. The molecule has 0 atom stereocenters. The number of urea groups is 1. The molecule has 0 aliphatic carbocycles. The molecule has 6 nitrogen and oxygen atoms in total. The molecule has 0 aliphatic heterocycles. The minimum absolute atomic E-state index is 0.270. The summed E-state index contributed by atoms with van der Waals surface area (Å²) in [5.74, 6) is 0.432. The first kappa shape index (κ1) is 17.6. The molecule has 0 bridgehead atoms. The Morgan fingerprint density at radius 1 is 1.12 bits per heavy atom. The molecule has 0 spiro atoms. The molecule has 3 amide bonds. The van der Waals surface area contributed by atoms with Crippen molar-refractivity contribution in [2.45, 2.75) is 6.54 Å². The van der Waals surface area contributed by atoms with Gasteiger partial charge in [-0.05, 0) is 29.8 Å². The summed E-state index contributed by atoms with van der Waals surface area (Å²) in [6.07, 6.45) is -0.529. The largest absolute Gasteiger partial charge is 0.412 e. The molecule has 2 aromatic carbocycles. The lowest BCUT2D eigenvalue weighted by molar-refractivity contribution is 0.203. The lowest BCUT2D eigenvalue weighted by Gasteiger charge is -2.18. The van der Waals surface area contributed by atoms with Crippen LogP contribution in [-0.2, 0) is 6.54 Å². The number of anilines is 1. The first-order chi connectivity index (χ1) is 11.5. The van der Waals surface area contributed by atoms with E-state index in [-0.39, 0.29) is 6.03 Å². The molecule has 0 heterocycles. The van der Waals surface area contributed by atoms with Crippen LogP contribution in [0.2, 0.25) is 5.02 Å². The van der Waals surface area contributed by atoms with Crippen LogP contribution in [0, 0.1) is 0 Å². The number of carbonyl (C=O) groups excluding carboxylic acids is 2. The molecule has 2 N–H and O–H groups in total. The Morgan fingerprint density at radius 2 is 1.79 bits per heavy atom. The van der Waals surface area contributed by atoms with Crippen molar-refractivity contribution in [3.05, 3.63) is 59.1 Å². The van der Waals surface area contributed by atoms with Crippen LogP contribution >= 0.6 is 11.6 Å². The highest BCUT2D eigenvalue weighted by Gasteiger charge is 2.11. The molecular weight excluding hydrogens is 330 g/mol. The second kappa shape index (κ2) is 8.21. The van der Waals surface area contributed by atoms with Crippen LogP contribution in [0.4, 0.5) is 15.3 Å². The highest BCUT2D eigenvalue weighted by molar-refractivity contribution is 6.33. The van der Waals surface area contributed by atoms with E-state index in [0.717, 1.165) is 5.56 Å². The number of rotatable bonds is 4. The molecule has 0 saturated carbocycles. The van der Waals surface area contributed by atoms with Crippen LogP contribution in [0.3, 0.4) is 0 Å². The van der Waals surface area contributed by atoms with Gasteiger partial charge in [0.15, 0.2) is 0 Å². The topological polar surface area (TPSA) is 70.7 Å². The van der Waals surface area contributed by atoms with E-state index in [1.54, 1.807) is 55.6 Å². The Labute approximate surface area is 145 Å². The maximum atomic E-state index is 12.2. The van der Waals surface area contributed by atoms with E-state index in [9.17, 15) is 9.59 Å². The first-order valence-corrected chi connectivity index (χ1v) is 7.62. The molecule has 0 radical (unpaired) electrons. The van der Waals surface area contributed by atoms with Crippen molar-refractivity contribution < 1.29 is 14.3 Å². The van der Waals surface area contributed by atoms with Crippen molar-refractivity contribution in [2.24, 2.45) is 0 Å². The van der Waals surface area contributed by atoms with Crippen LogP contribution in [-0.4, -0.2) is 31.1 Å². The predicted molar refractivity (Wildman–Crippen MR) is 93.5 cm³/mol. The van der Waals surface area contributed by atoms with Gasteiger partial charge in [0.25, 0.3) is 0 Å². The van der Waals surface area contributed by atoms with Gasteiger partial charge in [-0.2, -0.15) is 0 Å². The normalized spacial score (nSPS) is 9.96. The number of nitrogens with one attached hydrogen (secondary N) is 2.